The van der Waals surface area contributed by atoms with Gasteiger partial charge in [0.25, 0.3) is 0 Å². The first-order valence-electron chi connectivity index (χ1n) is 6.40. The molecule has 19 heavy (non-hydrogen) atoms. The zero-order valence-corrected chi connectivity index (χ0v) is 12.0. The minimum atomic E-state index is -0.182. The predicted molar refractivity (Wildman–Crippen MR) is 78.5 cm³/mol. The molecule has 2 N–H and O–H groups in total. The lowest BCUT2D eigenvalue weighted by Crippen LogP contribution is -2.11. The third-order valence-electron chi connectivity index (χ3n) is 2.57. The molecule has 0 spiro atoms. The second kappa shape index (κ2) is 7.79. The zero-order valence-electron chi connectivity index (χ0n) is 11.3. The average molecular weight is 283 g/mol. The highest BCUT2D eigenvalue weighted by Crippen LogP contribution is 2.25. The molecule has 4 nitrogen and oxygen atoms in total. The summed E-state index contributed by atoms with van der Waals surface area (Å²) < 4.78 is 0. The van der Waals surface area contributed by atoms with Gasteiger partial charge in [0.05, 0.1) is 10.7 Å². The van der Waals surface area contributed by atoms with Crippen LogP contribution in [0, 0.1) is 0 Å². The first-order valence-corrected chi connectivity index (χ1v) is 6.77. The van der Waals surface area contributed by atoms with E-state index in [0.29, 0.717) is 22.8 Å². The number of benzene rings is 1. The number of rotatable bonds is 6. The maximum absolute atomic E-state index is 11.6. The van der Waals surface area contributed by atoms with Gasteiger partial charge in [-0.1, -0.05) is 31.4 Å². The van der Waals surface area contributed by atoms with Gasteiger partial charge in [-0.05, 0) is 24.6 Å². The van der Waals surface area contributed by atoms with Gasteiger partial charge in [0.1, 0.15) is 0 Å². The fraction of sp³-hybridized carbons (Fsp3) is 0.429. The number of anilines is 2. The maximum Gasteiger partial charge on any atom is 0.224 e. The molecule has 0 aliphatic rings. The molecule has 0 atom stereocenters. The lowest BCUT2D eigenvalue weighted by molar-refractivity contribution is -0.116. The molecule has 1 aromatic rings. The number of amides is 2. The Hall–Kier alpha value is -1.55. The van der Waals surface area contributed by atoms with Crippen molar-refractivity contribution in [3.05, 3.63) is 23.2 Å². The van der Waals surface area contributed by atoms with Crippen LogP contribution < -0.4 is 10.6 Å². The van der Waals surface area contributed by atoms with E-state index in [9.17, 15) is 9.59 Å². The van der Waals surface area contributed by atoms with Crippen molar-refractivity contribution >= 4 is 34.8 Å². The molecule has 1 aromatic carbocycles. The van der Waals surface area contributed by atoms with E-state index in [2.05, 4.69) is 17.6 Å². The van der Waals surface area contributed by atoms with Crippen molar-refractivity contribution in [1.82, 2.24) is 0 Å². The summed E-state index contributed by atoms with van der Waals surface area (Å²) >= 11 is 6.02. The van der Waals surface area contributed by atoms with E-state index in [1.807, 2.05) is 0 Å². The molecule has 104 valence electrons. The number of unbranched alkanes of at least 4 members (excludes halogenated alkanes) is 2. The Kier molecular flexibility index (Phi) is 6.36. The topological polar surface area (TPSA) is 58.2 Å². The monoisotopic (exact) mass is 282 g/mol. The molecular formula is C14H19ClN2O2. The minimum absolute atomic E-state index is 0.0169. The van der Waals surface area contributed by atoms with Gasteiger partial charge < -0.3 is 10.6 Å². The van der Waals surface area contributed by atoms with Crippen molar-refractivity contribution in [1.29, 1.82) is 0 Å². The van der Waals surface area contributed by atoms with E-state index >= 15 is 0 Å². The number of carbonyl (C=O) groups is 2. The summed E-state index contributed by atoms with van der Waals surface area (Å²) in [6, 6.07) is 5.02. The Bertz CT molecular complexity index is 461. The van der Waals surface area contributed by atoms with E-state index < -0.39 is 0 Å². The summed E-state index contributed by atoms with van der Waals surface area (Å²) in [4.78, 5) is 22.6. The van der Waals surface area contributed by atoms with Gasteiger partial charge >= 0.3 is 0 Å². The zero-order chi connectivity index (χ0) is 14.3. The van der Waals surface area contributed by atoms with Crippen LogP contribution >= 0.6 is 11.6 Å². The van der Waals surface area contributed by atoms with Gasteiger partial charge in [-0.2, -0.15) is 0 Å². The number of carbonyl (C=O) groups excluding carboxylic acids is 2. The lowest BCUT2D eigenvalue weighted by atomic mass is 10.2. The molecule has 0 saturated carbocycles. The Balaban J connectivity index is 2.58. The Morgan fingerprint density at radius 2 is 1.95 bits per heavy atom. The lowest BCUT2D eigenvalue weighted by Gasteiger charge is -2.09. The molecule has 0 aromatic heterocycles. The highest BCUT2D eigenvalue weighted by Gasteiger charge is 2.06. The molecule has 0 radical (unpaired) electrons. The quantitative estimate of drug-likeness (QED) is 0.779. The van der Waals surface area contributed by atoms with Crippen molar-refractivity contribution in [3.63, 3.8) is 0 Å². The number of hydrogen-bond acceptors (Lipinski definition) is 2. The van der Waals surface area contributed by atoms with Crippen LogP contribution in [-0.4, -0.2) is 11.8 Å². The standard InChI is InChI=1S/C14H19ClN2O2/c1-3-4-5-6-14(19)17-11-7-8-13(12(15)9-11)16-10(2)18/h7-9H,3-6H2,1-2H3,(H,16,18)(H,17,19). The van der Waals surface area contributed by atoms with Crippen LogP contribution in [0.3, 0.4) is 0 Å². The molecule has 5 heteroatoms. The van der Waals surface area contributed by atoms with E-state index in [4.69, 9.17) is 11.6 Å². The predicted octanol–water partition coefficient (Wildman–Crippen LogP) is 3.82. The fourth-order valence-corrected chi connectivity index (χ4v) is 1.87. The molecule has 0 aliphatic heterocycles. The number of halogens is 1. The third-order valence-corrected chi connectivity index (χ3v) is 2.88. The third kappa shape index (κ3) is 5.75. The van der Waals surface area contributed by atoms with Crippen LogP contribution in [0.25, 0.3) is 0 Å². The normalized spacial score (nSPS) is 10.1. The highest BCUT2D eigenvalue weighted by molar-refractivity contribution is 6.34. The smallest absolute Gasteiger partial charge is 0.224 e. The second-order valence-corrected chi connectivity index (χ2v) is 4.79. The summed E-state index contributed by atoms with van der Waals surface area (Å²) in [5.74, 6) is -0.199. The van der Waals surface area contributed by atoms with Gasteiger partial charge in [0.2, 0.25) is 11.8 Å². The van der Waals surface area contributed by atoms with Gasteiger partial charge in [-0.3, -0.25) is 9.59 Å². The van der Waals surface area contributed by atoms with Gasteiger partial charge in [-0.15, -0.1) is 0 Å². The number of nitrogens with one attached hydrogen (secondary N) is 2. The summed E-state index contributed by atoms with van der Waals surface area (Å²) in [7, 11) is 0. The van der Waals surface area contributed by atoms with Crippen molar-refractivity contribution in [2.24, 2.45) is 0 Å². The Labute approximate surface area is 118 Å². The maximum atomic E-state index is 11.6. The molecule has 0 unspecified atom stereocenters. The highest BCUT2D eigenvalue weighted by atomic mass is 35.5. The van der Waals surface area contributed by atoms with Crippen LogP contribution in [0.4, 0.5) is 11.4 Å². The first-order chi connectivity index (χ1) is 9.02. The van der Waals surface area contributed by atoms with E-state index in [1.54, 1.807) is 18.2 Å². The van der Waals surface area contributed by atoms with Crippen molar-refractivity contribution in [3.8, 4) is 0 Å². The number of hydrogen-bond donors (Lipinski definition) is 2. The van der Waals surface area contributed by atoms with Crippen LogP contribution in [0.2, 0.25) is 5.02 Å². The summed E-state index contributed by atoms with van der Waals surface area (Å²) in [5, 5.41) is 5.80. The second-order valence-electron chi connectivity index (χ2n) is 4.38. The van der Waals surface area contributed by atoms with E-state index in [1.165, 1.54) is 6.92 Å². The van der Waals surface area contributed by atoms with Gasteiger partial charge in [-0.25, -0.2) is 0 Å². The first kappa shape index (κ1) is 15.5. The SMILES string of the molecule is CCCCCC(=O)Nc1ccc(NC(C)=O)c(Cl)c1. The minimum Gasteiger partial charge on any atom is -0.326 e. The fourth-order valence-electron chi connectivity index (χ4n) is 1.64. The van der Waals surface area contributed by atoms with Crippen LogP contribution in [0.1, 0.15) is 39.5 Å². The molecule has 2 amide bonds. The summed E-state index contributed by atoms with van der Waals surface area (Å²) in [6.07, 6.45) is 3.54. The van der Waals surface area contributed by atoms with Crippen molar-refractivity contribution in [2.45, 2.75) is 39.5 Å². The molecule has 0 fully saturated rings. The van der Waals surface area contributed by atoms with Crippen LogP contribution in [-0.2, 0) is 9.59 Å². The summed E-state index contributed by atoms with van der Waals surface area (Å²) in [6.45, 7) is 3.51. The van der Waals surface area contributed by atoms with E-state index in [0.717, 1.165) is 19.3 Å². The van der Waals surface area contributed by atoms with Crippen LogP contribution in [0.5, 0.6) is 0 Å². The largest absolute Gasteiger partial charge is 0.326 e. The van der Waals surface area contributed by atoms with Gasteiger partial charge in [0, 0.05) is 19.0 Å². The average Bonchev–Trinajstić information content (AvgIpc) is 2.32. The molecule has 0 saturated heterocycles. The van der Waals surface area contributed by atoms with Crippen molar-refractivity contribution in [2.75, 3.05) is 10.6 Å². The van der Waals surface area contributed by atoms with Crippen molar-refractivity contribution < 1.29 is 9.59 Å². The molecule has 1 rings (SSSR count). The van der Waals surface area contributed by atoms with E-state index in [-0.39, 0.29) is 11.8 Å². The van der Waals surface area contributed by atoms with Gasteiger partial charge in [0.15, 0.2) is 0 Å². The summed E-state index contributed by atoms with van der Waals surface area (Å²) in [5.41, 5.74) is 1.18. The van der Waals surface area contributed by atoms with Crippen LogP contribution in [0.15, 0.2) is 18.2 Å². The molecule has 0 heterocycles. The Morgan fingerprint density at radius 1 is 1.21 bits per heavy atom. The molecule has 0 aliphatic carbocycles. The Morgan fingerprint density at radius 3 is 2.53 bits per heavy atom. The molecular weight excluding hydrogens is 264 g/mol. The molecule has 0 bridgehead atoms.